The Morgan fingerprint density at radius 1 is 1.37 bits per heavy atom. The zero-order valence-corrected chi connectivity index (χ0v) is 10.9. The fourth-order valence-corrected chi connectivity index (χ4v) is 2.45. The molecule has 0 radical (unpaired) electrons. The number of β-amino-alcohol motifs (C(OH)–C–C–N with tert-alkyl or cyclic N) is 2. The lowest BCUT2D eigenvalue weighted by Crippen LogP contribution is -2.44. The van der Waals surface area contributed by atoms with Gasteiger partial charge in [-0.2, -0.15) is 0 Å². The zero-order valence-electron chi connectivity index (χ0n) is 10.9. The summed E-state index contributed by atoms with van der Waals surface area (Å²) in [5.41, 5.74) is -0.296. The van der Waals surface area contributed by atoms with Crippen LogP contribution in [0, 0.1) is 17.6 Å². The predicted octanol–water partition coefficient (Wildman–Crippen LogP) is 1.70. The molecule has 0 spiro atoms. The Balaban J connectivity index is 2.03. The van der Waals surface area contributed by atoms with Gasteiger partial charge in [0.1, 0.15) is 11.6 Å². The molecule has 2 N–H and O–H groups in total. The van der Waals surface area contributed by atoms with Gasteiger partial charge in [-0.3, -0.25) is 4.90 Å². The van der Waals surface area contributed by atoms with Crippen LogP contribution in [0.3, 0.4) is 0 Å². The minimum absolute atomic E-state index is 0.127. The van der Waals surface area contributed by atoms with Crippen molar-refractivity contribution in [1.82, 2.24) is 4.90 Å². The molecule has 3 unspecified atom stereocenters. The number of rotatable bonds is 3. The molecule has 0 aliphatic carbocycles. The summed E-state index contributed by atoms with van der Waals surface area (Å²) >= 11 is 0. The summed E-state index contributed by atoms with van der Waals surface area (Å²) in [6.07, 6.45) is -0.860. The highest BCUT2D eigenvalue weighted by Crippen LogP contribution is 2.24. The number of hydrogen-bond donors (Lipinski definition) is 2. The molecule has 2 rings (SSSR count). The molecule has 0 saturated carbocycles. The Hall–Kier alpha value is -1.04. The Morgan fingerprint density at radius 2 is 2.00 bits per heavy atom. The first kappa shape index (κ1) is 14.4. The van der Waals surface area contributed by atoms with Gasteiger partial charge in [0, 0.05) is 13.1 Å². The Morgan fingerprint density at radius 3 is 2.58 bits per heavy atom. The number of hydrogen-bond acceptors (Lipinski definition) is 3. The van der Waals surface area contributed by atoms with Crippen molar-refractivity contribution in [2.24, 2.45) is 5.92 Å². The smallest absolute Gasteiger partial charge is 0.131 e. The minimum atomic E-state index is -1.22. The molecule has 1 fully saturated rings. The van der Waals surface area contributed by atoms with Gasteiger partial charge < -0.3 is 10.2 Å². The molecule has 3 nitrogen and oxygen atoms in total. The van der Waals surface area contributed by atoms with Crippen LogP contribution >= 0.6 is 0 Å². The van der Waals surface area contributed by atoms with Crippen molar-refractivity contribution in [3.63, 3.8) is 0 Å². The van der Waals surface area contributed by atoms with Gasteiger partial charge in [0.05, 0.1) is 17.8 Å². The summed E-state index contributed by atoms with van der Waals surface area (Å²) in [5, 5.41) is 19.8. The van der Waals surface area contributed by atoms with E-state index in [4.69, 9.17) is 0 Å². The topological polar surface area (TPSA) is 43.7 Å². The van der Waals surface area contributed by atoms with Gasteiger partial charge in [-0.1, -0.05) is 13.0 Å². The van der Waals surface area contributed by atoms with Crippen LogP contribution in [-0.2, 0) is 0 Å². The van der Waals surface area contributed by atoms with Crippen LogP contribution < -0.4 is 0 Å². The number of likely N-dealkylation sites (tertiary alicyclic amines) is 1. The van der Waals surface area contributed by atoms with Gasteiger partial charge in [-0.05, 0) is 31.0 Å². The molecule has 106 valence electrons. The van der Waals surface area contributed by atoms with E-state index in [1.54, 1.807) is 0 Å². The monoisotopic (exact) mass is 271 g/mol. The van der Waals surface area contributed by atoms with Crippen molar-refractivity contribution in [2.75, 3.05) is 19.6 Å². The van der Waals surface area contributed by atoms with E-state index in [0.29, 0.717) is 13.1 Å². The average Bonchev–Trinajstić information content (AvgIpc) is 2.33. The van der Waals surface area contributed by atoms with Crippen LogP contribution in [0.25, 0.3) is 0 Å². The fraction of sp³-hybridized carbons (Fsp3) is 0.571. The molecule has 1 heterocycles. The number of benzene rings is 1. The Bertz CT molecular complexity index is 421. The molecule has 5 heteroatoms. The largest absolute Gasteiger partial charge is 0.392 e. The molecule has 1 aliphatic heterocycles. The van der Waals surface area contributed by atoms with E-state index in [1.807, 2.05) is 11.8 Å². The van der Waals surface area contributed by atoms with Gasteiger partial charge in [-0.15, -0.1) is 0 Å². The molecule has 1 saturated heterocycles. The second-order valence-electron chi connectivity index (χ2n) is 5.24. The lowest BCUT2D eigenvalue weighted by molar-refractivity contribution is 0.00747. The molecule has 1 aliphatic rings. The van der Waals surface area contributed by atoms with Gasteiger partial charge >= 0.3 is 0 Å². The van der Waals surface area contributed by atoms with Crippen molar-refractivity contribution < 1.29 is 19.0 Å². The van der Waals surface area contributed by atoms with Crippen LogP contribution in [0.5, 0.6) is 0 Å². The van der Waals surface area contributed by atoms with Crippen LogP contribution in [0.4, 0.5) is 8.78 Å². The van der Waals surface area contributed by atoms with Crippen molar-refractivity contribution in [3.05, 3.63) is 35.4 Å². The fourth-order valence-electron chi connectivity index (χ4n) is 2.45. The van der Waals surface area contributed by atoms with Gasteiger partial charge in [0.15, 0.2) is 0 Å². The molecule has 1 aromatic rings. The highest BCUT2D eigenvalue weighted by Gasteiger charge is 2.27. The summed E-state index contributed by atoms with van der Waals surface area (Å²) in [5.74, 6) is -1.25. The van der Waals surface area contributed by atoms with Crippen LogP contribution in [-0.4, -0.2) is 40.9 Å². The number of piperidine rings is 1. The third-order valence-electron chi connectivity index (χ3n) is 3.77. The number of halogens is 2. The van der Waals surface area contributed by atoms with E-state index in [9.17, 15) is 19.0 Å². The molecule has 0 amide bonds. The van der Waals surface area contributed by atoms with E-state index in [2.05, 4.69) is 0 Å². The maximum atomic E-state index is 13.5. The lowest BCUT2D eigenvalue weighted by atomic mass is 9.95. The van der Waals surface area contributed by atoms with Crippen LogP contribution in [0.2, 0.25) is 0 Å². The summed E-state index contributed by atoms with van der Waals surface area (Å²) in [6, 6.07) is 3.54. The van der Waals surface area contributed by atoms with Crippen molar-refractivity contribution in [1.29, 1.82) is 0 Å². The first-order chi connectivity index (χ1) is 8.99. The zero-order chi connectivity index (χ0) is 14.0. The van der Waals surface area contributed by atoms with E-state index < -0.39 is 23.8 Å². The van der Waals surface area contributed by atoms with E-state index in [-0.39, 0.29) is 18.0 Å². The second-order valence-corrected chi connectivity index (χ2v) is 5.24. The maximum absolute atomic E-state index is 13.5. The lowest BCUT2D eigenvalue weighted by Gasteiger charge is -2.35. The molecule has 0 bridgehead atoms. The van der Waals surface area contributed by atoms with E-state index in [1.165, 1.54) is 6.07 Å². The predicted molar refractivity (Wildman–Crippen MR) is 67.5 cm³/mol. The SMILES string of the molecule is CC1CCN(CC(O)c2c(F)cccc2F)CC1O. The summed E-state index contributed by atoms with van der Waals surface area (Å²) in [6.45, 7) is 3.23. The molecule has 19 heavy (non-hydrogen) atoms. The average molecular weight is 271 g/mol. The minimum Gasteiger partial charge on any atom is -0.392 e. The first-order valence-corrected chi connectivity index (χ1v) is 6.51. The molecule has 3 atom stereocenters. The summed E-state index contributed by atoms with van der Waals surface area (Å²) in [7, 11) is 0. The van der Waals surface area contributed by atoms with Crippen molar-refractivity contribution in [3.8, 4) is 0 Å². The summed E-state index contributed by atoms with van der Waals surface area (Å²) < 4.78 is 27.1. The normalized spacial score (nSPS) is 26.4. The van der Waals surface area contributed by atoms with Crippen molar-refractivity contribution >= 4 is 0 Å². The highest BCUT2D eigenvalue weighted by atomic mass is 19.1. The van der Waals surface area contributed by atoms with Crippen molar-refractivity contribution in [2.45, 2.75) is 25.6 Å². The van der Waals surface area contributed by atoms with Crippen LogP contribution in [0.1, 0.15) is 25.0 Å². The van der Waals surface area contributed by atoms with E-state index in [0.717, 1.165) is 18.6 Å². The quantitative estimate of drug-likeness (QED) is 0.879. The molecule has 1 aromatic carbocycles. The standard InChI is InChI=1S/C14H19F2NO2/c1-9-5-6-17(7-12(9)18)8-13(19)14-10(15)3-2-4-11(14)16/h2-4,9,12-13,18-19H,5-8H2,1H3. The third-order valence-corrected chi connectivity index (χ3v) is 3.77. The van der Waals surface area contributed by atoms with E-state index >= 15 is 0 Å². The van der Waals surface area contributed by atoms with Gasteiger partial charge in [0.25, 0.3) is 0 Å². The van der Waals surface area contributed by atoms with Crippen LogP contribution in [0.15, 0.2) is 18.2 Å². The third kappa shape index (κ3) is 3.29. The maximum Gasteiger partial charge on any atom is 0.131 e. The van der Waals surface area contributed by atoms with Gasteiger partial charge in [0.2, 0.25) is 0 Å². The highest BCUT2D eigenvalue weighted by molar-refractivity contribution is 5.22. The Kier molecular flexibility index (Phi) is 4.50. The number of aliphatic hydroxyl groups excluding tert-OH is 2. The molecule has 0 aromatic heterocycles. The molecular weight excluding hydrogens is 252 g/mol. The first-order valence-electron chi connectivity index (χ1n) is 6.51. The molecular formula is C14H19F2NO2. The Labute approximate surface area is 111 Å². The number of aliphatic hydroxyl groups is 2. The second kappa shape index (κ2) is 5.94. The van der Waals surface area contributed by atoms with Gasteiger partial charge in [-0.25, -0.2) is 8.78 Å². The number of nitrogens with zero attached hydrogens (tertiary/aromatic N) is 1. The summed E-state index contributed by atoms with van der Waals surface area (Å²) in [4.78, 5) is 1.83.